The molecule has 2 fully saturated rings. The molecule has 3 rings (SSSR count). The molecule has 0 amide bonds. The molecule has 30 heavy (non-hydrogen) atoms. The van der Waals surface area contributed by atoms with Gasteiger partial charge in [-0.25, -0.2) is 0 Å². The second kappa shape index (κ2) is 9.49. The molecular formula is C26H36O3S. The fraction of sp³-hybridized carbons (Fsp3) is 0.615. The van der Waals surface area contributed by atoms with Crippen molar-refractivity contribution < 1.29 is 15.3 Å². The second-order valence-corrected chi connectivity index (χ2v) is 10.7. The van der Waals surface area contributed by atoms with Gasteiger partial charge in [-0.15, -0.1) is 11.8 Å². The number of thioether (sulfide) groups is 1. The van der Waals surface area contributed by atoms with Gasteiger partial charge in [0.05, 0.1) is 18.0 Å². The van der Waals surface area contributed by atoms with E-state index in [1.165, 1.54) is 24.0 Å². The van der Waals surface area contributed by atoms with E-state index in [-0.39, 0.29) is 5.41 Å². The molecule has 3 N–H and O–H groups in total. The molecule has 3 aliphatic carbocycles. The number of hydrogen-bond donors (Lipinski definition) is 3. The smallest absolute Gasteiger partial charge is 0.119 e. The van der Waals surface area contributed by atoms with E-state index >= 15 is 0 Å². The molecule has 4 heteroatoms. The first kappa shape index (κ1) is 23.4. The van der Waals surface area contributed by atoms with Crippen molar-refractivity contribution in [3.8, 4) is 11.8 Å². The number of rotatable bonds is 4. The summed E-state index contributed by atoms with van der Waals surface area (Å²) in [6.07, 6.45) is 11.2. The van der Waals surface area contributed by atoms with Crippen molar-refractivity contribution in [2.75, 3.05) is 11.5 Å². The third-order valence-corrected chi connectivity index (χ3v) is 7.67. The molecule has 4 atom stereocenters. The third kappa shape index (κ3) is 5.51. The van der Waals surface area contributed by atoms with E-state index in [4.69, 9.17) is 0 Å². The minimum absolute atomic E-state index is 0.210. The van der Waals surface area contributed by atoms with E-state index in [1.54, 1.807) is 13.8 Å². The normalized spacial score (nSPS) is 34.5. The molecule has 0 aromatic carbocycles. The van der Waals surface area contributed by atoms with Crippen LogP contribution in [-0.4, -0.2) is 44.6 Å². The number of aliphatic hydroxyl groups excluding tert-OH is 2. The van der Waals surface area contributed by atoms with Gasteiger partial charge in [-0.1, -0.05) is 54.7 Å². The highest BCUT2D eigenvalue weighted by Crippen LogP contribution is 2.55. The summed E-state index contributed by atoms with van der Waals surface area (Å²) < 4.78 is 0. The monoisotopic (exact) mass is 428 g/mol. The van der Waals surface area contributed by atoms with Gasteiger partial charge >= 0.3 is 0 Å². The van der Waals surface area contributed by atoms with Gasteiger partial charge < -0.3 is 15.3 Å². The molecule has 2 saturated carbocycles. The highest BCUT2D eigenvalue weighted by molar-refractivity contribution is 7.99. The zero-order chi connectivity index (χ0) is 21.9. The molecule has 0 saturated heterocycles. The maximum Gasteiger partial charge on any atom is 0.119 e. The van der Waals surface area contributed by atoms with Crippen molar-refractivity contribution in [2.45, 2.75) is 77.1 Å². The van der Waals surface area contributed by atoms with Crippen LogP contribution in [0.25, 0.3) is 0 Å². The number of aliphatic hydroxyl groups is 3. The van der Waals surface area contributed by atoms with E-state index in [1.807, 2.05) is 11.8 Å². The Labute approximate surface area is 186 Å². The first-order chi connectivity index (χ1) is 14.1. The van der Waals surface area contributed by atoms with Crippen molar-refractivity contribution in [1.82, 2.24) is 0 Å². The Kier molecular flexibility index (Phi) is 7.40. The zero-order valence-corrected chi connectivity index (χ0v) is 19.4. The fourth-order valence-electron chi connectivity index (χ4n) is 5.06. The Hall–Kier alpha value is -1.25. The quantitative estimate of drug-likeness (QED) is 0.349. The molecule has 0 bridgehead atoms. The Morgan fingerprint density at radius 3 is 2.83 bits per heavy atom. The minimum atomic E-state index is -0.919. The molecule has 0 aromatic rings. The van der Waals surface area contributed by atoms with E-state index in [0.717, 1.165) is 35.5 Å². The van der Waals surface area contributed by atoms with E-state index in [9.17, 15) is 15.3 Å². The Balaban J connectivity index is 1.66. The lowest BCUT2D eigenvalue weighted by Gasteiger charge is -2.41. The van der Waals surface area contributed by atoms with Crippen LogP contribution in [0.5, 0.6) is 0 Å². The third-order valence-electron chi connectivity index (χ3n) is 6.80. The Morgan fingerprint density at radius 2 is 2.10 bits per heavy atom. The van der Waals surface area contributed by atoms with Crippen molar-refractivity contribution in [1.29, 1.82) is 0 Å². The highest BCUT2D eigenvalue weighted by atomic mass is 32.2. The van der Waals surface area contributed by atoms with E-state index in [0.29, 0.717) is 18.8 Å². The summed E-state index contributed by atoms with van der Waals surface area (Å²) in [6, 6.07) is 0. The van der Waals surface area contributed by atoms with Gasteiger partial charge in [-0.2, -0.15) is 0 Å². The summed E-state index contributed by atoms with van der Waals surface area (Å²) in [4.78, 5) is 0. The van der Waals surface area contributed by atoms with Gasteiger partial charge in [0.1, 0.15) is 5.60 Å². The highest BCUT2D eigenvalue weighted by Gasteiger charge is 2.44. The molecule has 0 radical (unpaired) electrons. The number of fused-ring (bicyclic) bond motifs is 1. The van der Waals surface area contributed by atoms with E-state index in [2.05, 4.69) is 43.6 Å². The largest absolute Gasteiger partial charge is 0.393 e. The van der Waals surface area contributed by atoms with Crippen molar-refractivity contribution in [2.24, 2.45) is 11.3 Å². The Morgan fingerprint density at radius 1 is 1.33 bits per heavy atom. The maximum absolute atomic E-state index is 10.1. The SMILES string of the molecule is C=C1/C(=C\C=C2/CCC[C@]3(C)C(CSCC#CC(C)(C)O)=CC[C@@H]23)C[C@@H](O)C[C@@H]1O. The molecule has 3 aliphatic rings. The standard InChI is InChI=1S/C26H36O3S/c1-18-20(15-22(27)16-24(18)28)9-8-19-7-5-13-26(4)21(10-11-23(19)26)17-30-14-6-12-25(2,3)29/h8-10,22-24,27-29H,1,5,7,11,13-17H2,2-4H3/b19-8+,20-9-/t22-,23+,24+,26-/m1/s1. The molecule has 0 aromatic heterocycles. The summed E-state index contributed by atoms with van der Waals surface area (Å²) in [5.41, 5.74) is 4.04. The van der Waals surface area contributed by atoms with E-state index < -0.39 is 17.8 Å². The van der Waals surface area contributed by atoms with Crippen molar-refractivity contribution >= 4 is 11.8 Å². The van der Waals surface area contributed by atoms with Gasteiger partial charge in [0.15, 0.2) is 0 Å². The van der Waals surface area contributed by atoms with Gasteiger partial charge in [0, 0.05) is 12.2 Å². The fourth-order valence-corrected chi connectivity index (χ4v) is 6.00. The van der Waals surface area contributed by atoms with Gasteiger partial charge in [0.2, 0.25) is 0 Å². The van der Waals surface area contributed by atoms with Gasteiger partial charge in [0.25, 0.3) is 0 Å². The van der Waals surface area contributed by atoms with Crippen LogP contribution in [0.3, 0.4) is 0 Å². The first-order valence-electron chi connectivity index (χ1n) is 11.0. The summed E-state index contributed by atoms with van der Waals surface area (Å²) >= 11 is 1.83. The molecule has 0 spiro atoms. The van der Waals surface area contributed by atoms with Crippen molar-refractivity contribution in [3.05, 3.63) is 47.1 Å². The molecule has 0 unspecified atom stereocenters. The first-order valence-corrected chi connectivity index (χ1v) is 12.2. The predicted molar refractivity (Wildman–Crippen MR) is 126 cm³/mol. The van der Waals surface area contributed by atoms with Gasteiger partial charge in [-0.05, 0) is 68.4 Å². The molecule has 0 heterocycles. The zero-order valence-electron chi connectivity index (χ0n) is 18.6. The topological polar surface area (TPSA) is 60.7 Å². The lowest BCUT2D eigenvalue weighted by atomic mass is 9.64. The van der Waals surface area contributed by atoms with Crippen LogP contribution in [-0.2, 0) is 0 Å². The number of allylic oxidation sites excluding steroid dienone is 4. The van der Waals surface area contributed by atoms with Crippen LogP contribution < -0.4 is 0 Å². The van der Waals surface area contributed by atoms with Crippen LogP contribution in [0, 0.1) is 23.2 Å². The second-order valence-electron chi connectivity index (χ2n) is 9.71. The molecular weight excluding hydrogens is 392 g/mol. The average molecular weight is 429 g/mol. The number of hydrogen-bond acceptors (Lipinski definition) is 4. The maximum atomic E-state index is 10.1. The predicted octanol–water partition coefficient (Wildman–Crippen LogP) is 4.56. The Bertz CT molecular complexity index is 817. The van der Waals surface area contributed by atoms with Crippen molar-refractivity contribution in [3.63, 3.8) is 0 Å². The average Bonchev–Trinajstić information content (AvgIpc) is 2.99. The summed E-state index contributed by atoms with van der Waals surface area (Å²) in [7, 11) is 0. The summed E-state index contributed by atoms with van der Waals surface area (Å²) in [6.45, 7) is 9.87. The van der Waals surface area contributed by atoms with Crippen LogP contribution >= 0.6 is 11.8 Å². The lowest BCUT2D eigenvalue weighted by Crippen LogP contribution is -2.31. The summed E-state index contributed by atoms with van der Waals surface area (Å²) in [5, 5.41) is 29.8. The van der Waals surface area contributed by atoms with Crippen LogP contribution in [0.1, 0.15) is 59.3 Å². The summed E-state index contributed by atoms with van der Waals surface area (Å²) in [5.74, 6) is 8.23. The van der Waals surface area contributed by atoms with Crippen LogP contribution in [0.4, 0.5) is 0 Å². The lowest BCUT2D eigenvalue weighted by molar-refractivity contribution is 0.0862. The molecule has 3 nitrogen and oxygen atoms in total. The van der Waals surface area contributed by atoms with Crippen LogP contribution in [0.2, 0.25) is 0 Å². The van der Waals surface area contributed by atoms with Gasteiger partial charge in [-0.3, -0.25) is 0 Å². The molecule has 0 aliphatic heterocycles. The minimum Gasteiger partial charge on any atom is -0.393 e. The van der Waals surface area contributed by atoms with Crippen LogP contribution in [0.15, 0.2) is 47.1 Å². The molecule has 164 valence electrons.